The van der Waals surface area contributed by atoms with E-state index in [-0.39, 0.29) is 5.75 Å². The van der Waals surface area contributed by atoms with E-state index < -0.39 is 28.8 Å². The van der Waals surface area contributed by atoms with E-state index in [2.05, 4.69) is 9.44 Å². The summed E-state index contributed by atoms with van der Waals surface area (Å²) < 4.78 is 59.4. The topological polar surface area (TPSA) is 79.1 Å². The third kappa shape index (κ3) is 4.04. The van der Waals surface area contributed by atoms with Crippen LogP contribution in [0.4, 0.5) is 13.2 Å². The van der Waals surface area contributed by atoms with Crippen LogP contribution in [0.5, 0.6) is 5.75 Å². The van der Waals surface area contributed by atoms with Gasteiger partial charge in [-0.05, 0) is 24.3 Å². The van der Waals surface area contributed by atoms with Gasteiger partial charge in [-0.1, -0.05) is 5.16 Å². The van der Waals surface area contributed by atoms with E-state index in [0.29, 0.717) is 0 Å². The van der Waals surface area contributed by atoms with Crippen LogP contribution in [-0.2, 0) is 15.6 Å². The molecule has 0 radical (unpaired) electrons. The summed E-state index contributed by atoms with van der Waals surface area (Å²) in [6, 6.07) is 3.94. The molecule has 1 unspecified atom stereocenters. The summed E-state index contributed by atoms with van der Waals surface area (Å²) in [6.07, 6.45) is -4.85. The average molecular weight is 269 g/mol. The number of hydrogen-bond acceptors (Lipinski definition) is 4. The van der Waals surface area contributed by atoms with Crippen LogP contribution < -0.4 is 0 Å². The van der Waals surface area contributed by atoms with Crippen molar-refractivity contribution in [1.29, 1.82) is 0 Å². The van der Waals surface area contributed by atoms with Gasteiger partial charge in [0.25, 0.3) is 0 Å². The number of hydrogen-bond donors (Lipinski definition) is 2. The third-order valence-corrected chi connectivity index (χ3v) is 1.80. The highest BCUT2D eigenvalue weighted by Crippen LogP contribution is 2.24. The molecule has 0 bridgehead atoms. The van der Waals surface area contributed by atoms with Crippen LogP contribution in [0.25, 0.3) is 0 Å². The van der Waals surface area contributed by atoms with Gasteiger partial charge in [-0.15, -0.1) is 0 Å². The van der Waals surface area contributed by atoms with Crippen LogP contribution in [-0.4, -0.2) is 25.8 Å². The van der Waals surface area contributed by atoms with Gasteiger partial charge in [-0.25, -0.2) is 0 Å². The highest BCUT2D eigenvalue weighted by atomic mass is 32.2. The minimum absolute atomic E-state index is 0.220. The fourth-order valence-corrected chi connectivity index (χ4v) is 1.09. The molecule has 9 heteroatoms. The highest BCUT2D eigenvalue weighted by Gasteiger charge is 2.38. The number of phenolic OH excluding ortho intramolecular Hbond substituents is 1. The molecule has 0 spiro atoms. The molecule has 0 aromatic heterocycles. The quantitative estimate of drug-likeness (QED) is 0.498. The first kappa shape index (κ1) is 13.5. The maximum absolute atomic E-state index is 12.5. The van der Waals surface area contributed by atoms with Gasteiger partial charge >= 0.3 is 17.5 Å². The average Bonchev–Trinajstić information content (AvgIpc) is 2.18. The molecular formula is C8H6F3NO4S. The lowest BCUT2D eigenvalue weighted by atomic mass is 10.1. The van der Waals surface area contributed by atoms with Crippen molar-refractivity contribution in [3.8, 4) is 5.75 Å². The number of benzene rings is 1. The normalized spacial score (nSPS) is 14.5. The van der Waals surface area contributed by atoms with Gasteiger partial charge in [0.1, 0.15) is 5.75 Å². The van der Waals surface area contributed by atoms with Gasteiger partial charge in [0.15, 0.2) is 5.71 Å². The number of oxime groups is 1. The van der Waals surface area contributed by atoms with E-state index in [9.17, 15) is 17.4 Å². The zero-order valence-corrected chi connectivity index (χ0v) is 8.83. The van der Waals surface area contributed by atoms with Gasteiger partial charge in [0.2, 0.25) is 0 Å². The molecule has 1 aromatic carbocycles. The van der Waals surface area contributed by atoms with Crippen LogP contribution in [0.15, 0.2) is 29.4 Å². The lowest BCUT2D eigenvalue weighted by molar-refractivity contribution is -0.0597. The Bertz CT molecular complexity index is 443. The Morgan fingerprint density at radius 2 is 1.82 bits per heavy atom. The molecule has 0 heterocycles. The molecule has 0 aliphatic heterocycles. The zero-order valence-electron chi connectivity index (χ0n) is 8.01. The fraction of sp³-hybridized carbons (Fsp3) is 0.125. The van der Waals surface area contributed by atoms with Crippen molar-refractivity contribution in [2.75, 3.05) is 0 Å². The van der Waals surface area contributed by atoms with Crippen LogP contribution in [0.1, 0.15) is 5.56 Å². The van der Waals surface area contributed by atoms with E-state index in [1.807, 2.05) is 0 Å². The molecular weight excluding hydrogens is 263 g/mol. The van der Waals surface area contributed by atoms with Gasteiger partial charge in [-0.3, -0.25) is 8.84 Å². The first-order valence-corrected chi connectivity index (χ1v) is 5.07. The van der Waals surface area contributed by atoms with E-state index in [0.717, 1.165) is 24.3 Å². The maximum Gasteiger partial charge on any atom is 0.437 e. The Morgan fingerprint density at radius 3 is 2.24 bits per heavy atom. The summed E-state index contributed by atoms with van der Waals surface area (Å²) in [5, 5.41) is 11.5. The van der Waals surface area contributed by atoms with Gasteiger partial charge in [0, 0.05) is 5.56 Å². The van der Waals surface area contributed by atoms with Crippen molar-refractivity contribution in [3.05, 3.63) is 29.8 Å². The number of alkyl halides is 3. The lowest BCUT2D eigenvalue weighted by Gasteiger charge is -2.09. The number of rotatable bonds is 3. The Balaban J connectivity index is 3.11. The Hall–Kier alpha value is -1.61. The van der Waals surface area contributed by atoms with Crippen molar-refractivity contribution >= 4 is 17.1 Å². The molecule has 1 aromatic rings. The van der Waals surface area contributed by atoms with E-state index in [4.69, 9.17) is 9.66 Å². The molecule has 0 aliphatic rings. The maximum atomic E-state index is 12.5. The van der Waals surface area contributed by atoms with Crippen molar-refractivity contribution in [1.82, 2.24) is 0 Å². The van der Waals surface area contributed by atoms with Crippen molar-refractivity contribution in [3.63, 3.8) is 0 Å². The van der Waals surface area contributed by atoms with Crippen LogP contribution in [0.3, 0.4) is 0 Å². The molecule has 1 atom stereocenters. The third-order valence-electron chi connectivity index (χ3n) is 1.60. The van der Waals surface area contributed by atoms with Crippen molar-refractivity contribution in [2.45, 2.75) is 6.18 Å². The van der Waals surface area contributed by atoms with Crippen LogP contribution in [0.2, 0.25) is 0 Å². The van der Waals surface area contributed by atoms with Gasteiger partial charge < -0.3 is 5.11 Å². The SMILES string of the molecule is O=S(O)ON=C(c1ccc(O)cc1)C(F)(F)F. The molecule has 0 saturated heterocycles. The standard InChI is InChI=1S/C8H6F3NO4S/c9-8(10,11)7(12-16-17(14)15)5-1-3-6(13)4-2-5/h1-4,13H,(H,14,15). The second-order valence-electron chi connectivity index (χ2n) is 2.78. The Kier molecular flexibility index (Phi) is 4.07. The molecule has 0 aliphatic carbocycles. The summed E-state index contributed by atoms with van der Waals surface area (Å²) >= 11 is -2.94. The summed E-state index contributed by atoms with van der Waals surface area (Å²) in [7, 11) is 0. The minimum Gasteiger partial charge on any atom is -0.508 e. The molecule has 1 rings (SSSR count). The molecule has 0 saturated carbocycles. The van der Waals surface area contributed by atoms with Gasteiger partial charge in [-0.2, -0.15) is 17.4 Å². The Morgan fingerprint density at radius 1 is 1.29 bits per heavy atom. The molecule has 0 fully saturated rings. The largest absolute Gasteiger partial charge is 0.508 e. The second-order valence-corrected chi connectivity index (χ2v) is 3.36. The summed E-state index contributed by atoms with van der Waals surface area (Å²) in [5.41, 5.74) is -1.87. The number of halogens is 3. The lowest BCUT2D eigenvalue weighted by Crippen LogP contribution is -2.24. The van der Waals surface area contributed by atoms with Crippen LogP contribution in [0, 0.1) is 0 Å². The van der Waals surface area contributed by atoms with E-state index in [1.54, 1.807) is 0 Å². The predicted molar refractivity (Wildman–Crippen MR) is 52.6 cm³/mol. The smallest absolute Gasteiger partial charge is 0.437 e. The Labute approximate surface area is 96.0 Å². The summed E-state index contributed by atoms with van der Waals surface area (Å²) in [4.78, 5) is 0. The minimum atomic E-state index is -4.85. The molecule has 5 nitrogen and oxygen atoms in total. The van der Waals surface area contributed by atoms with E-state index in [1.165, 1.54) is 0 Å². The van der Waals surface area contributed by atoms with Crippen molar-refractivity contribution in [2.24, 2.45) is 5.16 Å². The summed E-state index contributed by atoms with van der Waals surface area (Å²) in [6.45, 7) is 0. The molecule has 0 amide bonds. The zero-order chi connectivity index (χ0) is 13.1. The predicted octanol–water partition coefficient (Wildman–Crippen LogP) is 1.81. The second kappa shape index (κ2) is 5.15. The van der Waals surface area contributed by atoms with E-state index >= 15 is 0 Å². The number of nitrogens with zero attached hydrogens (tertiary/aromatic N) is 1. The molecule has 2 N–H and O–H groups in total. The monoisotopic (exact) mass is 269 g/mol. The summed E-state index contributed by atoms with van der Waals surface area (Å²) in [5.74, 6) is -0.220. The van der Waals surface area contributed by atoms with Gasteiger partial charge in [0.05, 0.1) is 0 Å². The van der Waals surface area contributed by atoms with Crippen LogP contribution >= 0.6 is 0 Å². The first-order chi connectivity index (χ1) is 7.80. The highest BCUT2D eigenvalue weighted by molar-refractivity contribution is 7.74. The molecule has 17 heavy (non-hydrogen) atoms. The number of aromatic hydroxyl groups is 1. The van der Waals surface area contributed by atoms with Crippen molar-refractivity contribution < 1.29 is 31.3 Å². The first-order valence-electron chi connectivity index (χ1n) is 4.03. The molecule has 94 valence electrons. The fourth-order valence-electron chi connectivity index (χ4n) is 0.957. The number of phenols is 1.